The number of halogens is 3. The zero-order chi connectivity index (χ0) is 58.0. The first-order chi connectivity index (χ1) is 39.6. The van der Waals surface area contributed by atoms with Crippen LogP contribution in [0.2, 0.25) is 10.0 Å². The Morgan fingerprint density at radius 3 is 1.52 bits per heavy atom. The maximum absolute atomic E-state index is 12.4. The van der Waals surface area contributed by atoms with E-state index in [0.29, 0.717) is 87.3 Å². The van der Waals surface area contributed by atoms with E-state index in [4.69, 9.17) is 54.2 Å². The number of hydrogen-bond acceptors (Lipinski definition) is 18. The van der Waals surface area contributed by atoms with Crippen LogP contribution in [0.4, 0.5) is 23.3 Å². The Morgan fingerprint density at radius 2 is 1.07 bits per heavy atom. The number of anilines is 4. The van der Waals surface area contributed by atoms with Gasteiger partial charge >= 0.3 is 7.12 Å². The molecule has 4 aromatic heterocycles. The van der Waals surface area contributed by atoms with Crippen LogP contribution in [0.25, 0.3) is 23.3 Å². The van der Waals surface area contributed by atoms with Gasteiger partial charge in [0.25, 0.3) is 11.8 Å². The van der Waals surface area contributed by atoms with E-state index in [1.807, 2.05) is 30.3 Å². The Morgan fingerprint density at radius 1 is 0.598 bits per heavy atom. The van der Waals surface area contributed by atoms with Gasteiger partial charge in [0.05, 0.1) is 35.5 Å². The molecule has 12 N–H and O–H groups in total. The van der Waals surface area contributed by atoms with E-state index in [1.54, 1.807) is 73.2 Å². The van der Waals surface area contributed by atoms with Crippen LogP contribution in [-0.2, 0) is 22.4 Å². The number of nitrogens with one attached hydrogen (secondary N) is 6. The summed E-state index contributed by atoms with van der Waals surface area (Å²) in [7, 11) is -1.55. The van der Waals surface area contributed by atoms with Gasteiger partial charge in [0.15, 0.2) is 11.6 Å². The lowest BCUT2D eigenvalue weighted by molar-refractivity contribution is -0.117. The van der Waals surface area contributed by atoms with Gasteiger partial charge in [-0.15, -0.1) is 0 Å². The number of fused-ring (bicyclic) bond motifs is 2. The quantitative estimate of drug-likeness (QED) is 0.0311. The second-order valence-electron chi connectivity index (χ2n) is 17.8. The summed E-state index contributed by atoms with van der Waals surface area (Å²) in [6, 6.07) is 27.6. The normalized spacial score (nSPS) is 13.6. The first kappa shape index (κ1) is 58.7. The van der Waals surface area contributed by atoms with Crippen LogP contribution in [0.1, 0.15) is 43.0 Å². The van der Waals surface area contributed by atoms with Crippen molar-refractivity contribution in [1.82, 2.24) is 51.4 Å². The third kappa shape index (κ3) is 17.3. The van der Waals surface area contributed by atoms with Crippen LogP contribution >= 0.6 is 39.1 Å². The van der Waals surface area contributed by atoms with E-state index >= 15 is 0 Å². The topological polar surface area (TPSA) is 329 Å². The molecule has 2 atom stereocenters. The molecule has 4 aromatic carbocycles. The predicted octanol–water partition coefficient (Wildman–Crippen LogP) is 5.79. The van der Waals surface area contributed by atoms with E-state index in [9.17, 15) is 19.2 Å². The molecule has 6 heterocycles. The van der Waals surface area contributed by atoms with Crippen molar-refractivity contribution in [3.05, 3.63) is 207 Å². The fraction of sp³-hybridized carbons (Fsp3) is 0.107. The molecular formula is C56H50BBrCl2N14O8. The summed E-state index contributed by atoms with van der Waals surface area (Å²) in [5.74, 6) is 1.91. The smallest absolute Gasteiger partial charge is 0.486 e. The van der Waals surface area contributed by atoms with Gasteiger partial charge in [-0.3, -0.25) is 50.8 Å². The Kier molecular flexibility index (Phi) is 20.5. The van der Waals surface area contributed by atoms with Crippen molar-refractivity contribution < 1.29 is 38.7 Å². The minimum Gasteiger partial charge on any atom is -0.486 e. The molecule has 0 radical (unpaired) electrons. The van der Waals surface area contributed by atoms with Gasteiger partial charge in [-0.25, -0.2) is 19.9 Å². The lowest BCUT2D eigenvalue weighted by Gasteiger charge is -2.11. The van der Waals surface area contributed by atoms with E-state index in [2.05, 4.69) is 78.2 Å². The lowest BCUT2D eigenvalue weighted by atomic mass is 9.80. The fourth-order valence-electron chi connectivity index (χ4n) is 7.79. The first-order valence-corrected chi connectivity index (χ1v) is 26.4. The highest BCUT2D eigenvalue weighted by Gasteiger charge is 2.27. The van der Waals surface area contributed by atoms with E-state index in [-0.39, 0.29) is 35.8 Å². The highest BCUT2D eigenvalue weighted by atomic mass is 79.9. The molecule has 10 rings (SSSR count). The molecule has 8 aromatic rings. The Bertz CT molecular complexity index is 3560. The van der Waals surface area contributed by atoms with Crippen LogP contribution in [0.3, 0.4) is 0 Å². The number of nitrogens with zero attached hydrogens (tertiary/aromatic N) is 6. The third-order valence-corrected chi connectivity index (χ3v) is 12.9. The maximum atomic E-state index is 12.4. The Hall–Kier alpha value is -9.46. The van der Waals surface area contributed by atoms with Gasteiger partial charge in [-0.1, -0.05) is 63.4 Å². The summed E-state index contributed by atoms with van der Waals surface area (Å²) in [6.45, 7) is 0.738. The van der Waals surface area contributed by atoms with Crippen molar-refractivity contribution in [2.75, 3.05) is 35.4 Å². The molecule has 0 saturated heterocycles. The lowest BCUT2D eigenvalue weighted by Crippen LogP contribution is -2.33. The van der Waals surface area contributed by atoms with Gasteiger partial charge < -0.3 is 41.6 Å². The minimum atomic E-state index is -1.55. The summed E-state index contributed by atoms with van der Waals surface area (Å²) in [5, 5.41) is 24.6. The number of carbonyl (C=O) groups is 4. The number of rotatable bonds is 16. The molecule has 26 heteroatoms. The molecular weight excluding hydrogens is 1160 g/mol. The van der Waals surface area contributed by atoms with Gasteiger partial charge in [0.2, 0.25) is 11.8 Å². The predicted molar refractivity (Wildman–Crippen MR) is 316 cm³/mol. The van der Waals surface area contributed by atoms with Crippen molar-refractivity contribution in [3.63, 3.8) is 0 Å². The van der Waals surface area contributed by atoms with Gasteiger partial charge in [0.1, 0.15) is 35.3 Å². The average molecular weight is 1210 g/mol. The second-order valence-corrected chi connectivity index (χ2v) is 19.5. The Balaban J connectivity index is 0.000000175. The van der Waals surface area contributed by atoms with E-state index in [0.717, 1.165) is 37.9 Å². The van der Waals surface area contributed by atoms with Crippen LogP contribution in [0.15, 0.2) is 163 Å². The molecule has 2 aliphatic rings. The number of hydrazine groups is 2. The summed E-state index contributed by atoms with van der Waals surface area (Å²) in [5.41, 5.74) is 28.0. The molecule has 0 fully saturated rings. The first-order valence-electron chi connectivity index (χ1n) is 24.8. The molecule has 22 nitrogen and oxygen atoms in total. The summed E-state index contributed by atoms with van der Waals surface area (Å²) in [4.78, 5) is 72.0. The molecule has 4 amide bonds. The average Bonchev–Trinajstić information content (AvgIpc) is 4.33. The van der Waals surface area contributed by atoms with E-state index in [1.165, 1.54) is 67.4 Å². The van der Waals surface area contributed by atoms with Crippen LogP contribution in [-0.4, -0.2) is 96.0 Å². The molecule has 0 spiro atoms. The summed E-state index contributed by atoms with van der Waals surface area (Å²) in [6.07, 6.45) is 19.4. The zero-order valence-corrected chi connectivity index (χ0v) is 46.1. The minimum absolute atomic E-state index is 0.123. The maximum Gasteiger partial charge on any atom is 0.488 e. The molecule has 416 valence electrons. The van der Waals surface area contributed by atoms with Crippen LogP contribution in [0.5, 0.6) is 11.5 Å². The fourth-order valence-corrected chi connectivity index (χ4v) is 8.99. The molecule has 0 bridgehead atoms. The number of nitrogens with two attached hydrogens (primary N) is 2. The van der Waals surface area contributed by atoms with Gasteiger partial charge in [-0.2, -0.15) is 0 Å². The van der Waals surface area contributed by atoms with Crippen molar-refractivity contribution in [3.8, 4) is 22.6 Å². The molecule has 0 aliphatic carbocycles. The van der Waals surface area contributed by atoms with E-state index < -0.39 is 7.12 Å². The largest absolute Gasteiger partial charge is 0.488 e. The summed E-state index contributed by atoms with van der Waals surface area (Å²) >= 11 is 16.1. The van der Waals surface area contributed by atoms with Crippen molar-refractivity contribution in [2.24, 2.45) is 0 Å². The second kappa shape index (κ2) is 28.6. The SMILES string of the molecule is Nc1ccc(/C=C/C(=O)NCC2Cc3cc(-c4ccc(C(=O)NNc5cnccn5)cc4)cc(Cl)c3O2)cn1.Nc1ccc(/C=C/C(=O)NCC2Cc3cc(Br)cc(Cl)c3O2)cn1.O=C(NNc1cnccn1)c1ccc(B(O)O)cc1. The van der Waals surface area contributed by atoms with Crippen LogP contribution in [0, 0.1) is 0 Å². The highest BCUT2D eigenvalue weighted by Crippen LogP contribution is 2.40. The molecule has 2 aliphatic heterocycles. The number of nitrogen functional groups attached to an aromatic ring is 2. The van der Waals surface area contributed by atoms with Crippen molar-refractivity contribution in [1.29, 1.82) is 0 Å². The van der Waals surface area contributed by atoms with Crippen molar-refractivity contribution >= 4 is 111 Å². The van der Waals surface area contributed by atoms with Gasteiger partial charge in [0, 0.05) is 88.9 Å². The monoisotopic (exact) mass is 1210 g/mol. The van der Waals surface area contributed by atoms with Crippen molar-refractivity contribution in [2.45, 2.75) is 25.0 Å². The number of aromatic nitrogens is 6. The Labute approximate surface area is 488 Å². The van der Waals surface area contributed by atoms with Gasteiger partial charge in [-0.05, 0) is 113 Å². The molecule has 0 saturated carbocycles. The highest BCUT2D eigenvalue weighted by molar-refractivity contribution is 9.10. The number of amides is 4. The number of ether oxygens (including phenoxy) is 2. The zero-order valence-electron chi connectivity index (χ0n) is 43.0. The molecule has 82 heavy (non-hydrogen) atoms. The number of benzene rings is 4. The standard InChI is InChI=1S/C28H24ClN7O3.C17H15BrClN3O2.C11H11BN4O3/c29-23-13-20(18-3-5-19(6-4-18)28(38)36-35-25-16-31-9-10-32-25)11-21-12-22(39-27(21)23)15-34-26(37)8-2-17-1-7-24(30)33-14-17;18-12-5-11-6-13(24-17(11)14(19)7-12)9-22-16(23)4-2-10-1-3-15(20)21-8-10;17-11(16-15-10-7-13-5-6-14-10)8-1-3-9(4-2-8)12(18)19/h1-11,13-14,16,22H,12,15H2,(H2,30,33)(H,32,35)(H,34,37)(H,36,38);1-5,7-8,13H,6,9H2,(H2,20,21)(H,22,23);1-7,18-19H,(H,14,15)(H,16,17)/b8-2+;4-2+;. The third-order valence-electron chi connectivity index (χ3n) is 11.8. The number of hydrogen-bond donors (Lipinski definition) is 10. The van der Waals surface area contributed by atoms with Crippen LogP contribution < -0.4 is 58.7 Å². The number of pyridine rings is 2. The summed E-state index contributed by atoms with van der Waals surface area (Å²) < 4.78 is 12.7. The molecule has 2 unspecified atom stereocenters. The number of carbonyl (C=O) groups excluding carboxylic acids is 4.